The van der Waals surface area contributed by atoms with E-state index in [0.29, 0.717) is 28.7 Å². The van der Waals surface area contributed by atoms with Crippen molar-refractivity contribution in [2.75, 3.05) is 5.32 Å². The van der Waals surface area contributed by atoms with Crippen molar-refractivity contribution in [1.29, 1.82) is 0 Å². The largest absolute Gasteiger partial charge is 0.309 e. The molecule has 0 unspecified atom stereocenters. The predicted octanol–water partition coefficient (Wildman–Crippen LogP) is 3.46. The second-order valence-corrected chi connectivity index (χ2v) is 7.11. The van der Waals surface area contributed by atoms with Gasteiger partial charge in [-0.2, -0.15) is 5.10 Å². The van der Waals surface area contributed by atoms with Crippen LogP contribution in [-0.4, -0.2) is 39.7 Å². The second-order valence-electron chi connectivity index (χ2n) is 6.67. The number of hydrogen-bond donors (Lipinski definition) is 1. The van der Waals surface area contributed by atoms with Crippen molar-refractivity contribution in [2.45, 2.75) is 6.54 Å². The molecule has 0 atom stereocenters. The van der Waals surface area contributed by atoms with Gasteiger partial charge in [0.25, 0.3) is 0 Å². The van der Waals surface area contributed by atoms with E-state index in [9.17, 15) is 0 Å². The maximum absolute atomic E-state index is 6.07. The number of rotatable bonds is 5. The molecule has 0 radical (unpaired) electrons. The molecule has 0 saturated heterocycles. The number of fused-ring (bicyclic) bond motifs is 1. The maximum Gasteiger partial charge on any atom is 0.228 e. The first-order valence-electron chi connectivity index (χ1n) is 9.18. The lowest BCUT2D eigenvalue weighted by Crippen LogP contribution is -2.03. The molecule has 4 aromatic heterocycles. The van der Waals surface area contributed by atoms with Gasteiger partial charge in [-0.15, -0.1) is 5.10 Å². The molecular formula is C20H16ClN9. The highest BCUT2D eigenvalue weighted by atomic mass is 35.5. The monoisotopic (exact) mass is 417 g/mol. The molecule has 4 heterocycles. The van der Waals surface area contributed by atoms with Gasteiger partial charge in [0.15, 0.2) is 5.65 Å². The van der Waals surface area contributed by atoms with Crippen molar-refractivity contribution in [3.63, 3.8) is 0 Å². The van der Waals surface area contributed by atoms with Gasteiger partial charge in [-0.1, -0.05) is 28.9 Å². The van der Waals surface area contributed by atoms with E-state index in [1.807, 2.05) is 49.5 Å². The van der Waals surface area contributed by atoms with E-state index in [4.69, 9.17) is 11.6 Å². The Hall–Kier alpha value is -3.85. The van der Waals surface area contributed by atoms with Crippen molar-refractivity contribution in [3.05, 3.63) is 71.6 Å². The summed E-state index contributed by atoms with van der Waals surface area (Å²) in [6.07, 6.45) is 5.16. The molecule has 5 aromatic rings. The van der Waals surface area contributed by atoms with Crippen molar-refractivity contribution >= 4 is 34.5 Å². The minimum absolute atomic E-state index is 0.473. The average Bonchev–Trinajstić information content (AvgIpc) is 3.34. The Morgan fingerprint density at radius 3 is 2.83 bits per heavy atom. The van der Waals surface area contributed by atoms with Crippen LogP contribution < -0.4 is 5.32 Å². The molecule has 9 nitrogen and oxygen atoms in total. The van der Waals surface area contributed by atoms with Crippen molar-refractivity contribution in [2.24, 2.45) is 7.05 Å². The smallest absolute Gasteiger partial charge is 0.228 e. The van der Waals surface area contributed by atoms with E-state index in [0.717, 1.165) is 22.6 Å². The van der Waals surface area contributed by atoms with Crippen LogP contribution in [0.2, 0.25) is 5.02 Å². The maximum atomic E-state index is 6.07. The molecule has 0 aliphatic carbocycles. The van der Waals surface area contributed by atoms with Gasteiger partial charge in [0.1, 0.15) is 11.3 Å². The molecule has 148 valence electrons. The summed E-state index contributed by atoms with van der Waals surface area (Å²) >= 11 is 6.07. The van der Waals surface area contributed by atoms with Gasteiger partial charge >= 0.3 is 0 Å². The fourth-order valence-corrected chi connectivity index (χ4v) is 3.32. The van der Waals surface area contributed by atoms with Gasteiger partial charge in [-0.3, -0.25) is 4.68 Å². The number of anilines is 2. The summed E-state index contributed by atoms with van der Waals surface area (Å²) in [7, 11) is 1.84. The molecule has 0 aliphatic heterocycles. The first-order chi connectivity index (χ1) is 14.7. The fourth-order valence-electron chi connectivity index (χ4n) is 3.11. The van der Waals surface area contributed by atoms with E-state index in [1.165, 1.54) is 0 Å². The average molecular weight is 418 g/mol. The van der Waals surface area contributed by atoms with Gasteiger partial charge in [0.05, 0.1) is 18.4 Å². The van der Waals surface area contributed by atoms with Crippen molar-refractivity contribution < 1.29 is 0 Å². The van der Waals surface area contributed by atoms with Crippen LogP contribution in [0.5, 0.6) is 0 Å². The summed E-state index contributed by atoms with van der Waals surface area (Å²) in [5.74, 6) is 1.27. The molecule has 0 saturated carbocycles. The Morgan fingerprint density at radius 1 is 1.07 bits per heavy atom. The third-order valence-electron chi connectivity index (χ3n) is 4.59. The van der Waals surface area contributed by atoms with Gasteiger partial charge in [0, 0.05) is 36.1 Å². The summed E-state index contributed by atoms with van der Waals surface area (Å²) in [6, 6.07) is 13.2. The van der Waals surface area contributed by atoms with Gasteiger partial charge < -0.3 is 5.32 Å². The topological polar surface area (TPSA) is 99.2 Å². The second kappa shape index (κ2) is 7.53. The molecule has 1 N–H and O–H groups in total. The number of benzene rings is 1. The molecular weight excluding hydrogens is 402 g/mol. The third kappa shape index (κ3) is 3.58. The Labute approximate surface area is 176 Å². The molecule has 0 bridgehead atoms. The third-order valence-corrected chi connectivity index (χ3v) is 4.82. The first kappa shape index (κ1) is 18.2. The van der Waals surface area contributed by atoms with Gasteiger partial charge in [0.2, 0.25) is 5.95 Å². The highest BCUT2D eigenvalue weighted by Crippen LogP contribution is 2.22. The molecule has 5 rings (SSSR count). The van der Waals surface area contributed by atoms with Crippen LogP contribution in [0.1, 0.15) is 5.56 Å². The zero-order chi connectivity index (χ0) is 20.5. The highest BCUT2D eigenvalue weighted by molar-refractivity contribution is 6.30. The molecule has 0 amide bonds. The number of nitrogens with zero attached hydrogens (tertiary/aromatic N) is 8. The van der Waals surface area contributed by atoms with Crippen molar-refractivity contribution in [1.82, 2.24) is 39.7 Å². The van der Waals surface area contributed by atoms with Crippen LogP contribution >= 0.6 is 11.6 Å². The Kier molecular flexibility index (Phi) is 4.56. The summed E-state index contributed by atoms with van der Waals surface area (Å²) < 4.78 is 3.46. The molecule has 30 heavy (non-hydrogen) atoms. The molecule has 1 aromatic carbocycles. The molecule has 0 fully saturated rings. The Bertz CT molecular complexity index is 1340. The van der Waals surface area contributed by atoms with Crippen LogP contribution in [0, 0.1) is 0 Å². The Balaban J connectivity index is 1.43. The lowest BCUT2D eigenvalue weighted by atomic mass is 10.2. The van der Waals surface area contributed by atoms with E-state index in [1.54, 1.807) is 28.0 Å². The minimum atomic E-state index is 0.473. The van der Waals surface area contributed by atoms with Gasteiger partial charge in [-0.05, 0) is 29.8 Å². The lowest BCUT2D eigenvalue weighted by molar-refractivity contribution is 0.664. The number of aryl methyl sites for hydroxylation is 1. The van der Waals surface area contributed by atoms with Crippen LogP contribution in [0.3, 0.4) is 0 Å². The Morgan fingerprint density at radius 2 is 2.00 bits per heavy atom. The quantitative estimate of drug-likeness (QED) is 0.467. The minimum Gasteiger partial charge on any atom is -0.309 e. The number of halogens is 1. The number of nitrogens with one attached hydrogen (secondary N) is 1. The summed E-state index contributed by atoms with van der Waals surface area (Å²) in [6.45, 7) is 0.537. The van der Waals surface area contributed by atoms with E-state index in [-0.39, 0.29) is 0 Å². The predicted molar refractivity (Wildman–Crippen MR) is 113 cm³/mol. The fraction of sp³-hybridized carbons (Fsp3) is 0.100. The van der Waals surface area contributed by atoms with E-state index in [2.05, 4.69) is 35.7 Å². The van der Waals surface area contributed by atoms with Gasteiger partial charge in [-0.25, -0.2) is 19.6 Å². The summed E-state index contributed by atoms with van der Waals surface area (Å²) in [5, 5.41) is 16.5. The zero-order valence-corrected chi connectivity index (χ0v) is 16.7. The summed E-state index contributed by atoms with van der Waals surface area (Å²) in [4.78, 5) is 13.4. The standard InChI is InChI=1S/C20H16ClN9/c1-29-18(6-8-24-29)26-20-22-7-5-16(25-20)14-10-17-19(23-11-14)30(28-27-17)12-13-3-2-4-15(21)9-13/h2-11H,12H2,1H3,(H,22,25,26). The normalized spacial score (nSPS) is 11.1. The SMILES string of the molecule is Cn1nccc1Nc1nccc(-c2cnc3c(c2)nnn3Cc2cccc(Cl)c2)n1. The van der Waals surface area contributed by atoms with Crippen LogP contribution in [-0.2, 0) is 13.6 Å². The number of hydrogen-bond acceptors (Lipinski definition) is 7. The first-order valence-corrected chi connectivity index (χ1v) is 9.56. The molecule has 10 heteroatoms. The van der Waals surface area contributed by atoms with Crippen LogP contribution in [0.4, 0.5) is 11.8 Å². The van der Waals surface area contributed by atoms with E-state index >= 15 is 0 Å². The lowest BCUT2D eigenvalue weighted by Gasteiger charge is -2.07. The highest BCUT2D eigenvalue weighted by Gasteiger charge is 2.11. The van der Waals surface area contributed by atoms with Crippen molar-refractivity contribution in [3.8, 4) is 11.3 Å². The molecule has 0 spiro atoms. The zero-order valence-electron chi connectivity index (χ0n) is 15.9. The number of aromatic nitrogens is 8. The number of pyridine rings is 1. The summed E-state index contributed by atoms with van der Waals surface area (Å²) in [5.41, 5.74) is 3.97. The van der Waals surface area contributed by atoms with Crippen LogP contribution in [0.25, 0.3) is 22.4 Å². The molecule has 0 aliphatic rings. The van der Waals surface area contributed by atoms with Crippen LogP contribution in [0.15, 0.2) is 61.1 Å². The van der Waals surface area contributed by atoms with E-state index < -0.39 is 0 Å².